The van der Waals surface area contributed by atoms with E-state index in [1.54, 1.807) is 20.3 Å². The molecule has 0 radical (unpaired) electrons. The quantitative estimate of drug-likeness (QED) is 0.822. The van der Waals surface area contributed by atoms with Crippen molar-refractivity contribution in [1.82, 2.24) is 0 Å². The predicted octanol–water partition coefficient (Wildman–Crippen LogP) is 2.59. The predicted molar refractivity (Wildman–Crippen MR) is 77.9 cm³/mol. The molecule has 1 atom stereocenters. The van der Waals surface area contributed by atoms with Crippen LogP contribution in [0.1, 0.15) is 12.8 Å². The van der Waals surface area contributed by atoms with Crippen molar-refractivity contribution in [3.63, 3.8) is 0 Å². The first kappa shape index (κ1) is 13.2. The summed E-state index contributed by atoms with van der Waals surface area (Å²) in [6, 6.07) is 4.20. The van der Waals surface area contributed by atoms with Crippen molar-refractivity contribution in [2.24, 2.45) is 0 Å². The average Bonchev–Trinajstić information content (AvgIpc) is 2.41. The second-order valence-corrected chi connectivity index (χ2v) is 5.50. The first-order chi connectivity index (χ1) is 8.74. The molecule has 0 aromatic heterocycles. The lowest BCUT2D eigenvalue weighted by Crippen LogP contribution is -2.26. The third-order valence-electron chi connectivity index (χ3n) is 3.08. The van der Waals surface area contributed by atoms with Gasteiger partial charge in [0.2, 0.25) is 0 Å². The Labute approximate surface area is 112 Å². The van der Waals surface area contributed by atoms with Gasteiger partial charge in [0.25, 0.3) is 0 Å². The van der Waals surface area contributed by atoms with Gasteiger partial charge in [-0.3, -0.25) is 0 Å². The number of rotatable bonds is 4. The Morgan fingerprint density at radius 1 is 1.28 bits per heavy atom. The lowest BCUT2D eigenvalue weighted by Gasteiger charge is -2.24. The highest BCUT2D eigenvalue weighted by atomic mass is 32.2. The van der Waals surface area contributed by atoms with Crippen LogP contribution in [0.5, 0.6) is 11.5 Å². The van der Waals surface area contributed by atoms with E-state index in [9.17, 15) is 0 Å². The number of thioether (sulfide) groups is 1. The highest BCUT2D eigenvalue weighted by Crippen LogP contribution is 2.35. The summed E-state index contributed by atoms with van der Waals surface area (Å²) in [6.07, 6.45) is 2.45. The molecule has 2 rings (SSSR count). The molecular weight excluding hydrogens is 248 g/mol. The zero-order valence-electron chi connectivity index (χ0n) is 10.9. The Bertz CT molecular complexity index is 406. The van der Waals surface area contributed by atoms with E-state index in [1.807, 2.05) is 17.8 Å². The molecule has 1 aliphatic rings. The number of hydrogen-bond acceptors (Lipinski definition) is 5. The first-order valence-electron chi connectivity index (χ1n) is 6.10. The monoisotopic (exact) mass is 268 g/mol. The van der Waals surface area contributed by atoms with Crippen LogP contribution in [0.15, 0.2) is 12.1 Å². The van der Waals surface area contributed by atoms with Crippen molar-refractivity contribution in [2.45, 2.75) is 18.9 Å². The molecule has 3 N–H and O–H groups in total. The van der Waals surface area contributed by atoms with E-state index in [0.29, 0.717) is 23.2 Å². The lowest BCUT2D eigenvalue weighted by atomic mass is 10.1. The van der Waals surface area contributed by atoms with Crippen LogP contribution in [0.3, 0.4) is 0 Å². The van der Waals surface area contributed by atoms with Gasteiger partial charge in [0.15, 0.2) is 11.5 Å². The maximum Gasteiger partial charge on any atom is 0.162 e. The van der Waals surface area contributed by atoms with Crippen molar-refractivity contribution in [1.29, 1.82) is 0 Å². The molecule has 18 heavy (non-hydrogen) atoms. The maximum atomic E-state index is 6.03. The van der Waals surface area contributed by atoms with Crippen LogP contribution in [0.25, 0.3) is 0 Å². The summed E-state index contributed by atoms with van der Waals surface area (Å²) in [5, 5.41) is 3.49. The minimum Gasteiger partial charge on any atom is -0.493 e. The fraction of sp³-hybridized carbons (Fsp3) is 0.538. The number of methoxy groups -OCH3 is 2. The van der Waals surface area contributed by atoms with Crippen molar-refractivity contribution >= 4 is 23.1 Å². The van der Waals surface area contributed by atoms with Gasteiger partial charge in [0, 0.05) is 23.9 Å². The van der Waals surface area contributed by atoms with Gasteiger partial charge < -0.3 is 20.5 Å². The molecule has 1 aromatic carbocycles. The topological polar surface area (TPSA) is 56.5 Å². The van der Waals surface area contributed by atoms with Gasteiger partial charge in [-0.25, -0.2) is 0 Å². The summed E-state index contributed by atoms with van der Waals surface area (Å²) in [5.74, 6) is 3.77. The minimum absolute atomic E-state index is 0.490. The molecule has 0 amide bonds. The Balaban J connectivity index is 2.16. The van der Waals surface area contributed by atoms with E-state index >= 15 is 0 Å². The molecule has 1 aromatic rings. The molecule has 1 aliphatic heterocycles. The van der Waals surface area contributed by atoms with Gasteiger partial charge >= 0.3 is 0 Å². The molecule has 1 fully saturated rings. The Kier molecular flexibility index (Phi) is 4.47. The van der Waals surface area contributed by atoms with E-state index in [2.05, 4.69) is 5.32 Å². The smallest absolute Gasteiger partial charge is 0.162 e. The van der Waals surface area contributed by atoms with Crippen LogP contribution in [0.2, 0.25) is 0 Å². The second kappa shape index (κ2) is 6.09. The fourth-order valence-electron chi connectivity index (χ4n) is 2.09. The molecule has 1 unspecified atom stereocenters. The van der Waals surface area contributed by atoms with Crippen LogP contribution >= 0.6 is 11.8 Å². The Hall–Kier alpha value is -1.23. The van der Waals surface area contributed by atoms with Gasteiger partial charge in [-0.15, -0.1) is 0 Å². The molecule has 1 saturated heterocycles. The van der Waals surface area contributed by atoms with E-state index in [0.717, 1.165) is 11.4 Å². The number of nitrogens with two attached hydrogens (primary N) is 1. The minimum atomic E-state index is 0.490. The molecule has 1 heterocycles. The SMILES string of the molecule is COc1cc(N)c(NC2CCCSC2)cc1OC. The maximum absolute atomic E-state index is 6.03. The summed E-state index contributed by atoms with van der Waals surface area (Å²) in [7, 11) is 3.25. The van der Waals surface area contributed by atoms with E-state index in [-0.39, 0.29) is 0 Å². The van der Waals surface area contributed by atoms with Crippen molar-refractivity contribution in [3.05, 3.63) is 12.1 Å². The third kappa shape index (κ3) is 2.96. The van der Waals surface area contributed by atoms with Gasteiger partial charge in [-0.05, 0) is 18.6 Å². The normalized spacial score (nSPS) is 19.3. The number of benzene rings is 1. The van der Waals surface area contributed by atoms with Gasteiger partial charge in [-0.1, -0.05) is 0 Å². The van der Waals surface area contributed by atoms with E-state index in [4.69, 9.17) is 15.2 Å². The summed E-state index contributed by atoms with van der Waals surface area (Å²) >= 11 is 1.99. The standard InChI is InChI=1S/C13H20N2O2S/c1-16-12-6-10(14)11(7-13(12)17-2)15-9-4-3-5-18-8-9/h6-7,9,15H,3-5,8,14H2,1-2H3. The molecular formula is C13H20N2O2S. The number of hydrogen-bond donors (Lipinski definition) is 2. The second-order valence-electron chi connectivity index (χ2n) is 4.35. The number of ether oxygens (including phenoxy) is 2. The van der Waals surface area contributed by atoms with Gasteiger partial charge in [0.1, 0.15) is 0 Å². The third-order valence-corrected chi connectivity index (χ3v) is 4.29. The van der Waals surface area contributed by atoms with Crippen LogP contribution in [-0.2, 0) is 0 Å². The Morgan fingerprint density at radius 2 is 2.00 bits per heavy atom. The first-order valence-corrected chi connectivity index (χ1v) is 7.26. The molecule has 0 aliphatic carbocycles. The molecule has 100 valence electrons. The summed E-state index contributed by atoms with van der Waals surface area (Å²) in [4.78, 5) is 0. The molecule has 0 bridgehead atoms. The largest absolute Gasteiger partial charge is 0.493 e. The fourth-order valence-corrected chi connectivity index (χ4v) is 3.17. The molecule has 4 nitrogen and oxygen atoms in total. The highest BCUT2D eigenvalue weighted by molar-refractivity contribution is 7.99. The van der Waals surface area contributed by atoms with E-state index in [1.165, 1.54) is 18.6 Å². The molecule has 5 heteroatoms. The summed E-state index contributed by atoms with van der Waals surface area (Å²) < 4.78 is 10.5. The number of nitrogen functional groups attached to an aromatic ring is 1. The summed E-state index contributed by atoms with van der Waals surface area (Å²) in [5.41, 5.74) is 7.66. The number of nitrogens with one attached hydrogen (secondary N) is 1. The van der Waals surface area contributed by atoms with Crippen LogP contribution in [0, 0.1) is 0 Å². The van der Waals surface area contributed by atoms with Crippen molar-refractivity contribution < 1.29 is 9.47 Å². The van der Waals surface area contributed by atoms with Crippen molar-refractivity contribution in [3.8, 4) is 11.5 Å². The highest BCUT2D eigenvalue weighted by Gasteiger charge is 2.16. The summed E-state index contributed by atoms with van der Waals surface area (Å²) in [6.45, 7) is 0. The van der Waals surface area contributed by atoms with Crippen LogP contribution < -0.4 is 20.5 Å². The lowest BCUT2D eigenvalue weighted by molar-refractivity contribution is 0.355. The van der Waals surface area contributed by atoms with Crippen molar-refractivity contribution in [2.75, 3.05) is 36.8 Å². The van der Waals surface area contributed by atoms with Gasteiger partial charge in [0.05, 0.1) is 25.6 Å². The Morgan fingerprint density at radius 3 is 2.61 bits per heavy atom. The molecule has 0 saturated carbocycles. The average molecular weight is 268 g/mol. The van der Waals surface area contributed by atoms with E-state index < -0.39 is 0 Å². The van der Waals surface area contributed by atoms with Crippen LogP contribution in [-0.4, -0.2) is 31.8 Å². The molecule has 0 spiro atoms. The zero-order chi connectivity index (χ0) is 13.0. The van der Waals surface area contributed by atoms with Crippen LogP contribution in [0.4, 0.5) is 11.4 Å². The zero-order valence-corrected chi connectivity index (χ0v) is 11.7. The van der Waals surface area contributed by atoms with Gasteiger partial charge in [-0.2, -0.15) is 11.8 Å². The number of anilines is 2.